The third kappa shape index (κ3) is 3.85. The maximum Gasteiger partial charge on any atom is 0.0939 e. The van der Waals surface area contributed by atoms with E-state index in [1.54, 1.807) is 0 Å². The van der Waals surface area contributed by atoms with Crippen LogP contribution in [0.3, 0.4) is 0 Å². The van der Waals surface area contributed by atoms with Crippen LogP contribution in [0.15, 0.2) is 41.4 Å². The minimum absolute atomic E-state index is 0.381. The summed E-state index contributed by atoms with van der Waals surface area (Å²) in [5.74, 6) is 1.01. The monoisotopic (exact) mass is 275 g/mol. The van der Waals surface area contributed by atoms with Crippen LogP contribution in [0.1, 0.15) is 24.2 Å². The molecule has 0 aliphatic rings. The van der Waals surface area contributed by atoms with E-state index < -0.39 is 0 Å². The van der Waals surface area contributed by atoms with Gasteiger partial charge in [-0.25, -0.2) is 0 Å². The van der Waals surface area contributed by atoms with Gasteiger partial charge in [0, 0.05) is 18.8 Å². The molecule has 1 atom stereocenters. The van der Waals surface area contributed by atoms with Gasteiger partial charge in [-0.15, -0.1) is 11.8 Å². The molecule has 0 aliphatic carbocycles. The van der Waals surface area contributed by atoms with Gasteiger partial charge in [0.2, 0.25) is 0 Å². The van der Waals surface area contributed by atoms with Crippen LogP contribution >= 0.6 is 11.8 Å². The summed E-state index contributed by atoms with van der Waals surface area (Å²) in [4.78, 5) is 0. The molecule has 0 saturated carbocycles. The number of thioether (sulfide) groups is 1. The minimum atomic E-state index is 0.381. The largest absolute Gasteiger partial charge is 0.309 e. The van der Waals surface area contributed by atoms with Gasteiger partial charge in [-0.05, 0) is 25.1 Å². The van der Waals surface area contributed by atoms with E-state index in [4.69, 9.17) is 0 Å². The van der Waals surface area contributed by atoms with Crippen LogP contribution in [0.25, 0.3) is 0 Å². The second-order valence-electron chi connectivity index (χ2n) is 4.58. The third-order valence-electron chi connectivity index (χ3n) is 3.01. The minimum Gasteiger partial charge on any atom is -0.309 e. The quantitative estimate of drug-likeness (QED) is 0.821. The molecule has 1 unspecified atom stereocenters. The van der Waals surface area contributed by atoms with E-state index in [-0.39, 0.29) is 0 Å². The topological polar surface area (TPSA) is 29.9 Å². The Morgan fingerprint density at radius 1 is 1.32 bits per heavy atom. The van der Waals surface area contributed by atoms with E-state index >= 15 is 0 Å². The van der Waals surface area contributed by atoms with Gasteiger partial charge in [0.25, 0.3) is 0 Å². The first kappa shape index (κ1) is 14.2. The molecule has 1 heterocycles. The predicted octanol–water partition coefficient (Wildman–Crippen LogP) is 3.17. The Morgan fingerprint density at radius 3 is 2.63 bits per heavy atom. The highest BCUT2D eigenvalue weighted by molar-refractivity contribution is 7.99. The van der Waals surface area contributed by atoms with Gasteiger partial charge in [0.15, 0.2) is 0 Å². The second-order valence-corrected chi connectivity index (χ2v) is 5.62. The van der Waals surface area contributed by atoms with Gasteiger partial charge in [-0.2, -0.15) is 5.10 Å². The number of benzene rings is 1. The van der Waals surface area contributed by atoms with Crippen LogP contribution < -0.4 is 5.32 Å². The Hall–Kier alpha value is -1.26. The lowest BCUT2D eigenvalue weighted by Crippen LogP contribution is -2.23. The van der Waals surface area contributed by atoms with Crippen molar-refractivity contribution in [3.05, 3.63) is 47.7 Å². The van der Waals surface area contributed by atoms with Crippen molar-refractivity contribution in [2.24, 2.45) is 7.05 Å². The number of aryl methyl sites for hydroxylation is 2. The third-order valence-corrected chi connectivity index (χ3v) is 4.19. The normalized spacial score (nSPS) is 12.6. The van der Waals surface area contributed by atoms with Gasteiger partial charge in [0.05, 0.1) is 10.7 Å². The van der Waals surface area contributed by atoms with Crippen LogP contribution in [-0.4, -0.2) is 22.1 Å². The molecule has 1 N–H and O–H groups in total. The number of aromatic nitrogens is 2. The number of nitrogens with one attached hydrogen (secondary N) is 1. The number of nitrogens with zero attached hydrogens (tertiary/aromatic N) is 2. The molecular weight excluding hydrogens is 254 g/mol. The fourth-order valence-electron chi connectivity index (χ4n) is 2.10. The van der Waals surface area contributed by atoms with E-state index in [2.05, 4.69) is 53.7 Å². The molecular formula is C15H21N3S. The standard InChI is InChI=1S/C15H21N3S/c1-4-16-14(13-8-6-5-7-9-13)11-19-15-10-12(2)17-18(15)3/h5-10,14,16H,4,11H2,1-3H3. The van der Waals surface area contributed by atoms with Crippen molar-refractivity contribution < 1.29 is 0 Å². The van der Waals surface area contributed by atoms with Crippen molar-refractivity contribution in [1.29, 1.82) is 0 Å². The molecule has 0 aliphatic heterocycles. The molecule has 1 aromatic carbocycles. The van der Waals surface area contributed by atoms with E-state index in [1.165, 1.54) is 10.6 Å². The lowest BCUT2D eigenvalue weighted by molar-refractivity contribution is 0.604. The summed E-state index contributed by atoms with van der Waals surface area (Å²) in [6.45, 7) is 5.16. The van der Waals surface area contributed by atoms with Crippen LogP contribution in [0.4, 0.5) is 0 Å². The SMILES string of the molecule is CCNC(CSc1cc(C)nn1C)c1ccccc1. The summed E-state index contributed by atoms with van der Waals surface area (Å²) >= 11 is 1.85. The molecule has 0 fully saturated rings. The fourth-order valence-corrected chi connectivity index (χ4v) is 3.22. The average molecular weight is 275 g/mol. The summed E-state index contributed by atoms with van der Waals surface area (Å²) in [6, 6.07) is 13.1. The van der Waals surface area contributed by atoms with Crippen molar-refractivity contribution in [2.75, 3.05) is 12.3 Å². The maximum atomic E-state index is 4.38. The Kier molecular flexibility index (Phi) is 5.05. The molecule has 0 amide bonds. The smallest absolute Gasteiger partial charge is 0.0939 e. The first-order valence-electron chi connectivity index (χ1n) is 6.62. The summed E-state index contributed by atoms with van der Waals surface area (Å²) in [6.07, 6.45) is 0. The molecule has 2 rings (SSSR count). The predicted molar refractivity (Wildman–Crippen MR) is 81.5 cm³/mol. The molecule has 2 aromatic rings. The van der Waals surface area contributed by atoms with Gasteiger partial charge in [-0.3, -0.25) is 4.68 Å². The summed E-state index contributed by atoms with van der Waals surface area (Å²) in [5.41, 5.74) is 2.42. The zero-order valence-corrected chi connectivity index (χ0v) is 12.6. The Morgan fingerprint density at radius 2 is 2.05 bits per heavy atom. The van der Waals surface area contributed by atoms with Crippen molar-refractivity contribution in [3.63, 3.8) is 0 Å². The fraction of sp³-hybridized carbons (Fsp3) is 0.400. The highest BCUT2D eigenvalue weighted by Crippen LogP contribution is 2.24. The zero-order valence-electron chi connectivity index (χ0n) is 11.8. The molecule has 19 heavy (non-hydrogen) atoms. The number of hydrogen-bond acceptors (Lipinski definition) is 3. The Labute approximate surface area is 119 Å². The second kappa shape index (κ2) is 6.78. The van der Waals surface area contributed by atoms with Crippen molar-refractivity contribution in [2.45, 2.75) is 24.9 Å². The highest BCUT2D eigenvalue weighted by Gasteiger charge is 2.12. The van der Waals surface area contributed by atoms with Gasteiger partial charge in [0.1, 0.15) is 0 Å². The summed E-state index contributed by atoms with van der Waals surface area (Å²) in [7, 11) is 2.00. The van der Waals surface area contributed by atoms with Crippen LogP contribution in [0.5, 0.6) is 0 Å². The molecule has 0 spiro atoms. The molecule has 0 bridgehead atoms. The van der Waals surface area contributed by atoms with Crippen LogP contribution in [0, 0.1) is 6.92 Å². The first-order valence-corrected chi connectivity index (χ1v) is 7.61. The molecule has 1 aromatic heterocycles. The first-order chi connectivity index (χ1) is 9.20. The van der Waals surface area contributed by atoms with Crippen LogP contribution in [0.2, 0.25) is 0 Å². The van der Waals surface area contributed by atoms with E-state index in [9.17, 15) is 0 Å². The maximum absolute atomic E-state index is 4.38. The van der Waals surface area contributed by atoms with E-state index in [0.717, 1.165) is 18.0 Å². The molecule has 3 nitrogen and oxygen atoms in total. The Balaban J connectivity index is 2.03. The van der Waals surface area contributed by atoms with Crippen LogP contribution in [-0.2, 0) is 7.05 Å². The Bertz CT molecular complexity index is 507. The zero-order chi connectivity index (χ0) is 13.7. The van der Waals surface area contributed by atoms with Gasteiger partial charge in [-0.1, -0.05) is 37.3 Å². The molecule has 0 radical (unpaired) electrons. The number of rotatable bonds is 6. The van der Waals surface area contributed by atoms with Crippen molar-refractivity contribution in [3.8, 4) is 0 Å². The average Bonchev–Trinajstić information content (AvgIpc) is 2.74. The lowest BCUT2D eigenvalue weighted by atomic mass is 10.1. The van der Waals surface area contributed by atoms with E-state index in [0.29, 0.717) is 6.04 Å². The molecule has 4 heteroatoms. The molecule has 0 saturated heterocycles. The lowest BCUT2D eigenvalue weighted by Gasteiger charge is -2.17. The highest BCUT2D eigenvalue weighted by atomic mass is 32.2. The van der Waals surface area contributed by atoms with Gasteiger partial charge >= 0.3 is 0 Å². The summed E-state index contributed by atoms with van der Waals surface area (Å²) in [5, 5.41) is 9.15. The van der Waals surface area contributed by atoms with Crippen molar-refractivity contribution >= 4 is 11.8 Å². The van der Waals surface area contributed by atoms with E-state index in [1.807, 2.05) is 30.4 Å². The molecule has 102 valence electrons. The van der Waals surface area contributed by atoms with Gasteiger partial charge < -0.3 is 5.32 Å². The number of hydrogen-bond donors (Lipinski definition) is 1. The summed E-state index contributed by atoms with van der Waals surface area (Å²) < 4.78 is 1.95. The van der Waals surface area contributed by atoms with Crippen molar-refractivity contribution in [1.82, 2.24) is 15.1 Å².